The molecule has 1 atom stereocenters. The molecule has 1 saturated heterocycles. The van der Waals surface area contributed by atoms with E-state index in [1.54, 1.807) is 0 Å². The van der Waals surface area contributed by atoms with Gasteiger partial charge in [-0.25, -0.2) is 0 Å². The molecule has 1 aromatic rings. The van der Waals surface area contributed by atoms with Gasteiger partial charge in [0.1, 0.15) is 0 Å². The van der Waals surface area contributed by atoms with Crippen LogP contribution < -0.4 is 5.32 Å². The highest BCUT2D eigenvalue weighted by atomic mass is 15.2. The summed E-state index contributed by atoms with van der Waals surface area (Å²) in [4.78, 5) is 7.01. The van der Waals surface area contributed by atoms with Gasteiger partial charge in [0.25, 0.3) is 0 Å². The summed E-state index contributed by atoms with van der Waals surface area (Å²) >= 11 is 0. The topological polar surface area (TPSA) is 28.2 Å². The van der Waals surface area contributed by atoms with E-state index in [1.807, 2.05) is 18.3 Å². The lowest BCUT2D eigenvalue weighted by atomic mass is 9.98. The van der Waals surface area contributed by atoms with Crippen molar-refractivity contribution >= 4 is 0 Å². The minimum Gasteiger partial charge on any atom is -0.310 e. The molecule has 0 saturated carbocycles. The molecule has 0 aromatic carbocycles. The number of aromatic nitrogens is 1. The van der Waals surface area contributed by atoms with Crippen LogP contribution in [-0.2, 0) is 6.54 Å². The van der Waals surface area contributed by atoms with Gasteiger partial charge in [0.05, 0.1) is 5.69 Å². The highest BCUT2D eigenvalue weighted by Crippen LogP contribution is 2.20. The molecule has 3 heteroatoms. The minimum atomic E-state index is 0.829. The predicted octanol–water partition coefficient (Wildman–Crippen LogP) is 2.83. The molecule has 0 radical (unpaired) electrons. The second-order valence-corrected chi connectivity index (χ2v) is 5.47. The summed E-state index contributed by atoms with van der Waals surface area (Å²) in [5, 5.41) is 3.51. The minimum absolute atomic E-state index is 0.829. The van der Waals surface area contributed by atoms with Crippen molar-refractivity contribution in [2.75, 3.05) is 19.6 Å². The number of likely N-dealkylation sites (tertiary alicyclic amines) is 1. The number of nitrogens with zero attached hydrogens (tertiary/aromatic N) is 2. The first-order valence-electron chi connectivity index (χ1n) is 7.75. The fourth-order valence-electron chi connectivity index (χ4n) is 2.96. The number of hydrogen-bond donors (Lipinski definition) is 1. The van der Waals surface area contributed by atoms with Crippen LogP contribution in [-0.4, -0.2) is 35.6 Å². The first kappa shape index (κ1) is 14.5. The molecule has 2 heterocycles. The van der Waals surface area contributed by atoms with Crippen molar-refractivity contribution in [1.82, 2.24) is 15.2 Å². The maximum atomic E-state index is 4.33. The van der Waals surface area contributed by atoms with Gasteiger partial charge in [-0.15, -0.1) is 0 Å². The van der Waals surface area contributed by atoms with E-state index in [0.717, 1.165) is 24.8 Å². The summed E-state index contributed by atoms with van der Waals surface area (Å²) in [6.07, 6.45) is 8.72. The number of pyridine rings is 1. The largest absolute Gasteiger partial charge is 0.310 e. The lowest BCUT2D eigenvalue weighted by Gasteiger charge is -2.35. The van der Waals surface area contributed by atoms with E-state index in [4.69, 9.17) is 0 Å². The Kier molecular flexibility index (Phi) is 6.31. The maximum Gasteiger partial charge on any atom is 0.0541 e. The summed E-state index contributed by atoms with van der Waals surface area (Å²) in [5.74, 6) is 0. The number of nitrogens with one attached hydrogen (secondary N) is 1. The van der Waals surface area contributed by atoms with E-state index in [9.17, 15) is 0 Å². The van der Waals surface area contributed by atoms with Crippen molar-refractivity contribution in [3.05, 3.63) is 30.1 Å². The molecule has 1 fully saturated rings. The maximum absolute atomic E-state index is 4.33. The molecule has 1 unspecified atom stereocenters. The average molecular weight is 261 g/mol. The highest BCUT2D eigenvalue weighted by Gasteiger charge is 2.20. The summed E-state index contributed by atoms with van der Waals surface area (Å²) < 4.78 is 0. The van der Waals surface area contributed by atoms with Crippen LogP contribution in [0.1, 0.15) is 44.7 Å². The summed E-state index contributed by atoms with van der Waals surface area (Å²) in [6, 6.07) is 6.92. The Labute approximate surface area is 117 Å². The van der Waals surface area contributed by atoms with E-state index in [-0.39, 0.29) is 0 Å². The van der Waals surface area contributed by atoms with Crippen molar-refractivity contribution in [2.45, 2.75) is 51.6 Å². The summed E-state index contributed by atoms with van der Waals surface area (Å²) in [5.41, 5.74) is 1.13. The third-order valence-corrected chi connectivity index (χ3v) is 3.98. The highest BCUT2D eigenvalue weighted by molar-refractivity contribution is 5.02. The SMILES string of the molecule is CCCC1CCCCN1CCNCc1ccccn1. The molecule has 2 rings (SSSR count). The molecule has 3 nitrogen and oxygen atoms in total. The van der Waals surface area contributed by atoms with Crippen LogP contribution in [0.25, 0.3) is 0 Å². The van der Waals surface area contributed by atoms with Crippen molar-refractivity contribution in [3.8, 4) is 0 Å². The van der Waals surface area contributed by atoms with Gasteiger partial charge in [-0.2, -0.15) is 0 Å². The number of rotatable bonds is 7. The van der Waals surface area contributed by atoms with Crippen molar-refractivity contribution in [1.29, 1.82) is 0 Å². The Morgan fingerprint density at radius 1 is 1.37 bits per heavy atom. The first-order valence-corrected chi connectivity index (χ1v) is 7.75. The van der Waals surface area contributed by atoms with Gasteiger partial charge in [-0.3, -0.25) is 9.88 Å². The Bertz CT molecular complexity index is 337. The van der Waals surface area contributed by atoms with Gasteiger partial charge >= 0.3 is 0 Å². The Balaban J connectivity index is 1.66. The van der Waals surface area contributed by atoms with Gasteiger partial charge in [0, 0.05) is 31.9 Å². The monoisotopic (exact) mass is 261 g/mol. The lowest BCUT2D eigenvalue weighted by molar-refractivity contribution is 0.140. The third-order valence-electron chi connectivity index (χ3n) is 3.98. The van der Waals surface area contributed by atoms with E-state index in [2.05, 4.69) is 28.2 Å². The van der Waals surface area contributed by atoms with Gasteiger partial charge in [0.15, 0.2) is 0 Å². The van der Waals surface area contributed by atoms with Gasteiger partial charge in [0.2, 0.25) is 0 Å². The molecule has 0 spiro atoms. The standard InChI is InChI=1S/C16H27N3/c1-2-7-16-9-4-6-12-19(16)13-11-17-14-15-8-3-5-10-18-15/h3,5,8,10,16-17H,2,4,6-7,9,11-14H2,1H3. The molecule has 0 bridgehead atoms. The van der Waals surface area contributed by atoms with Crippen LogP contribution >= 0.6 is 0 Å². The quantitative estimate of drug-likeness (QED) is 0.765. The number of hydrogen-bond acceptors (Lipinski definition) is 3. The third kappa shape index (κ3) is 4.92. The van der Waals surface area contributed by atoms with E-state index in [0.29, 0.717) is 0 Å². The zero-order valence-corrected chi connectivity index (χ0v) is 12.1. The molecular weight excluding hydrogens is 234 g/mol. The Hall–Kier alpha value is -0.930. The van der Waals surface area contributed by atoms with Gasteiger partial charge in [-0.1, -0.05) is 25.8 Å². The van der Waals surface area contributed by atoms with Crippen LogP contribution in [0.2, 0.25) is 0 Å². The van der Waals surface area contributed by atoms with Crippen LogP contribution in [0.5, 0.6) is 0 Å². The van der Waals surface area contributed by atoms with Crippen molar-refractivity contribution in [2.24, 2.45) is 0 Å². The Morgan fingerprint density at radius 3 is 3.11 bits per heavy atom. The summed E-state index contributed by atoms with van der Waals surface area (Å²) in [7, 11) is 0. The zero-order valence-electron chi connectivity index (χ0n) is 12.1. The van der Waals surface area contributed by atoms with Gasteiger partial charge in [-0.05, 0) is 37.9 Å². The van der Waals surface area contributed by atoms with Gasteiger partial charge < -0.3 is 5.32 Å². The van der Waals surface area contributed by atoms with E-state index < -0.39 is 0 Å². The van der Waals surface area contributed by atoms with Crippen LogP contribution in [0, 0.1) is 0 Å². The molecule has 106 valence electrons. The summed E-state index contributed by atoms with van der Waals surface area (Å²) in [6.45, 7) is 6.71. The molecule has 1 aliphatic heterocycles. The van der Waals surface area contributed by atoms with Crippen molar-refractivity contribution in [3.63, 3.8) is 0 Å². The van der Waals surface area contributed by atoms with Crippen LogP contribution in [0.3, 0.4) is 0 Å². The number of piperidine rings is 1. The normalized spacial score (nSPS) is 20.6. The Morgan fingerprint density at radius 2 is 2.32 bits per heavy atom. The van der Waals surface area contributed by atoms with Crippen LogP contribution in [0.15, 0.2) is 24.4 Å². The molecular formula is C16H27N3. The molecule has 1 aromatic heterocycles. The lowest BCUT2D eigenvalue weighted by Crippen LogP contribution is -2.42. The molecule has 1 N–H and O–H groups in total. The fourth-order valence-corrected chi connectivity index (χ4v) is 2.96. The second kappa shape index (κ2) is 8.28. The smallest absolute Gasteiger partial charge is 0.0541 e. The molecule has 0 amide bonds. The van der Waals surface area contributed by atoms with E-state index >= 15 is 0 Å². The molecule has 1 aliphatic rings. The second-order valence-electron chi connectivity index (χ2n) is 5.47. The van der Waals surface area contributed by atoms with Crippen LogP contribution in [0.4, 0.5) is 0 Å². The zero-order chi connectivity index (χ0) is 13.3. The fraction of sp³-hybridized carbons (Fsp3) is 0.688. The van der Waals surface area contributed by atoms with E-state index in [1.165, 1.54) is 45.2 Å². The van der Waals surface area contributed by atoms with Crippen molar-refractivity contribution < 1.29 is 0 Å². The molecule has 19 heavy (non-hydrogen) atoms. The average Bonchev–Trinajstić information content (AvgIpc) is 2.47. The molecule has 0 aliphatic carbocycles. The predicted molar refractivity (Wildman–Crippen MR) is 80.1 cm³/mol. The first-order chi connectivity index (χ1) is 9.40.